The minimum Gasteiger partial charge on any atom is -0.494 e. The van der Waals surface area contributed by atoms with E-state index >= 15 is 0 Å². The van der Waals surface area contributed by atoms with Gasteiger partial charge in [-0.15, -0.1) is 0 Å². The molecule has 1 heterocycles. The maximum atomic E-state index is 12.2. The van der Waals surface area contributed by atoms with Gasteiger partial charge in [-0.05, 0) is 44.5 Å². The summed E-state index contributed by atoms with van der Waals surface area (Å²) in [5, 5.41) is 6.71. The summed E-state index contributed by atoms with van der Waals surface area (Å²) in [6.07, 6.45) is 0.656. The molecular formula is C15H18N2O3. The molecule has 2 rings (SSSR count). The van der Waals surface area contributed by atoms with E-state index in [2.05, 4.69) is 10.5 Å². The summed E-state index contributed by atoms with van der Waals surface area (Å²) in [4.78, 5) is 12.2. The van der Waals surface area contributed by atoms with E-state index in [1.165, 1.54) is 0 Å². The number of hydrogen-bond acceptors (Lipinski definition) is 4. The Kier molecular flexibility index (Phi) is 4.40. The first-order valence-electron chi connectivity index (χ1n) is 6.65. The number of carbonyl (C=O) groups excluding carboxylic acids is 1. The van der Waals surface area contributed by atoms with E-state index in [0.29, 0.717) is 35.7 Å². The van der Waals surface area contributed by atoms with E-state index in [1.54, 1.807) is 19.1 Å². The minimum atomic E-state index is -0.204. The molecule has 106 valence electrons. The molecule has 0 atom stereocenters. The number of rotatable bonds is 5. The smallest absolute Gasteiger partial charge is 0.261 e. The summed E-state index contributed by atoms with van der Waals surface area (Å²) in [5.41, 5.74) is 1.90. The highest BCUT2D eigenvalue weighted by Gasteiger charge is 2.19. The number of ether oxygens (including phenoxy) is 1. The SMILES string of the molecule is CCOc1ccc(NC(=O)c2c(CC)noc2C)cc1. The number of carbonyl (C=O) groups is 1. The Labute approximate surface area is 117 Å². The molecule has 0 saturated heterocycles. The summed E-state index contributed by atoms with van der Waals surface area (Å²) in [5.74, 6) is 1.11. The average molecular weight is 274 g/mol. The van der Waals surface area contributed by atoms with Crippen molar-refractivity contribution in [2.24, 2.45) is 0 Å². The van der Waals surface area contributed by atoms with Gasteiger partial charge in [-0.1, -0.05) is 12.1 Å². The Balaban J connectivity index is 2.13. The van der Waals surface area contributed by atoms with Crippen molar-refractivity contribution < 1.29 is 14.1 Å². The number of hydrogen-bond donors (Lipinski definition) is 1. The number of benzene rings is 1. The highest BCUT2D eigenvalue weighted by atomic mass is 16.5. The normalized spacial score (nSPS) is 10.3. The third-order valence-corrected chi connectivity index (χ3v) is 2.92. The molecule has 0 spiro atoms. The molecule has 0 fully saturated rings. The van der Waals surface area contributed by atoms with Crippen LogP contribution in [0.25, 0.3) is 0 Å². The molecule has 0 saturated carbocycles. The van der Waals surface area contributed by atoms with E-state index in [1.807, 2.05) is 26.0 Å². The quantitative estimate of drug-likeness (QED) is 0.909. The Morgan fingerprint density at radius 2 is 2.00 bits per heavy atom. The predicted octanol–water partition coefficient (Wildman–Crippen LogP) is 3.20. The van der Waals surface area contributed by atoms with Crippen molar-refractivity contribution in [3.8, 4) is 5.75 Å². The first-order valence-corrected chi connectivity index (χ1v) is 6.65. The Hall–Kier alpha value is -2.30. The fourth-order valence-corrected chi connectivity index (χ4v) is 1.95. The second kappa shape index (κ2) is 6.23. The molecule has 20 heavy (non-hydrogen) atoms. The van der Waals surface area contributed by atoms with Crippen LogP contribution in [0.5, 0.6) is 5.75 Å². The molecule has 1 aromatic carbocycles. The van der Waals surface area contributed by atoms with E-state index < -0.39 is 0 Å². The van der Waals surface area contributed by atoms with E-state index in [4.69, 9.17) is 9.26 Å². The summed E-state index contributed by atoms with van der Waals surface area (Å²) in [7, 11) is 0. The van der Waals surface area contributed by atoms with Crippen LogP contribution in [-0.2, 0) is 6.42 Å². The van der Waals surface area contributed by atoms with Crippen LogP contribution in [0.1, 0.15) is 35.7 Å². The molecule has 1 N–H and O–H groups in total. The number of aryl methyl sites for hydroxylation is 2. The van der Waals surface area contributed by atoms with Crippen molar-refractivity contribution in [3.05, 3.63) is 41.3 Å². The van der Waals surface area contributed by atoms with Crippen LogP contribution in [0.4, 0.5) is 5.69 Å². The van der Waals surface area contributed by atoms with E-state index in [9.17, 15) is 4.79 Å². The van der Waals surface area contributed by atoms with Gasteiger partial charge in [0.1, 0.15) is 17.1 Å². The number of anilines is 1. The van der Waals surface area contributed by atoms with Crippen LogP contribution in [0, 0.1) is 6.92 Å². The molecule has 1 aromatic heterocycles. The zero-order valence-electron chi connectivity index (χ0n) is 11.9. The Morgan fingerprint density at radius 3 is 2.60 bits per heavy atom. The molecule has 0 unspecified atom stereocenters. The molecule has 0 aliphatic carbocycles. The molecule has 0 bridgehead atoms. The van der Waals surface area contributed by atoms with Crippen molar-refractivity contribution in [2.75, 3.05) is 11.9 Å². The summed E-state index contributed by atoms with van der Waals surface area (Å²) in [6.45, 7) is 6.21. The van der Waals surface area contributed by atoms with Gasteiger partial charge in [-0.3, -0.25) is 4.79 Å². The Bertz CT molecular complexity index is 588. The summed E-state index contributed by atoms with van der Waals surface area (Å²) >= 11 is 0. The van der Waals surface area contributed by atoms with Gasteiger partial charge in [0.25, 0.3) is 5.91 Å². The zero-order chi connectivity index (χ0) is 14.5. The molecule has 1 amide bonds. The minimum absolute atomic E-state index is 0.204. The van der Waals surface area contributed by atoms with Crippen molar-refractivity contribution in [2.45, 2.75) is 27.2 Å². The lowest BCUT2D eigenvalue weighted by molar-refractivity contribution is 0.102. The first kappa shape index (κ1) is 14.1. The predicted molar refractivity (Wildman–Crippen MR) is 76.2 cm³/mol. The number of nitrogens with zero attached hydrogens (tertiary/aromatic N) is 1. The van der Waals surface area contributed by atoms with Crippen molar-refractivity contribution >= 4 is 11.6 Å². The standard InChI is InChI=1S/C15H18N2O3/c1-4-13-14(10(3)20-17-13)15(18)16-11-6-8-12(9-7-11)19-5-2/h6-9H,4-5H2,1-3H3,(H,16,18). The van der Waals surface area contributed by atoms with Crippen LogP contribution in [-0.4, -0.2) is 17.7 Å². The van der Waals surface area contributed by atoms with Crippen LogP contribution in [0.3, 0.4) is 0 Å². The topological polar surface area (TPSA) is 64.4 Å². The fourth-order valence-electron chi connectivity index (χ4n) is 1.95. The maximum Gasteiger partial charge on any atom is 0.261 e. The molecule has 0 radical (unpaired) electrons. The molecular weight excluding hydrogens is 256 g/mol. The lowest BCUT2D eigenvalue weighted by Crippen LogP contribution is -2.14. The largest absolute Gasteiger partial charge is 0.494 e. The second-order valence-electron chi connectivity index (χ2n) is 4.33. The lowest BCUT2D eigenvalue weighted by atomic mass is 10.1. The zero-order valence-corrected chi connectivity index (χ0v) is 11.9. The first-order chi connectivity index (χ1) is 9.65. The van der Waals surface area contributed by atoms with Gasteiger partial charge >= 0.3 is 0 Å². The summed E-state index contributed by atoms with van der Waals surface area (Å²) in [6, 6.07) is 7.25. The molecule has 0 aliphatic heterocycles. The molecule has 5 heteroatoms. The van der Waals surface area contributed by atoms with Crippen molar-refractivity contribution in [1.29, 1.82) is 0 Å². The fraction of sp³-hybridized carbons (Fsp3) is 0.333. The third-order valence-electron chi connectivity index (χ3n) is 2.92. The number of amides is 1. The highest BCUT2D eigenvalue weighted by molar-refractivity contribution is 6.05. The van der Waals surface area contributed by atoms with Crippen LogP contribution < -0.4 is 10.1 Å². The monoisotopic (exact) mass is 274 g/mol. The average Bonchev–Trinajstić information content (AvgIpc) is 2.82. The van der Waals surface area contributed by atoms with Gasteiger partial charge in [0.15, 0.2) is 0 Å². The van der Waals surface area contributed by atoms with Crippen molar-refractivity contribution in [1.82, 2.24) is 5.16 Å². The van der Waals surface area contributed by atoms with Crippen LogP contribution in [0.15, 0.2) is 28.8 Å². The van der Waals surface area contributed by atoms with Crippen LogP contribution >= 0.6 is 0 Å². The van der Waals surface area contributed by atoms with Gasteiger partial charge < -0.3 is 14.6 Å². The number of nitrogens with one attached hydrogen (secondary N) is 1. The van der Waals surface area contributed by atoms with Gasteiger partial charge in [-0.2, -0.15) is 0 Å². The summed E-state index contributed by atoms with van der Waals surface area (Å²) < 4.78 is 10.4. The van der Waals surface area contributed by atoms with Gasteiger partial charge in [0, 0.05) is 5.69 Å². The maximum absolute atomic E-state index is 12.2. The third kappa shape index (κ3) is 2.99. The second-order valence-corrected chi connectivity index (χ2v) is 4.33. The van der Waals surface area contributed by atoms with Gasteiger partial charge in [-0.25, -0.2) is 0 Å². The number of aromatic nitrogens is 1. The molecule has 0 aliphatic rings. The lowest BCUT2D eigenvalue weighted by Gasteiger charge is -2.07. The van der Waals surface area contributed by atoms with Gasteiger partial charge in [0.05, 0.1) is 12.3 Å². The van der Waals surface area contributed by atoms with E-state index in [-0.39, 0.29) is 5.91 Å². The van der Waals surface area contributed by atoms with Crippen LogP contribution in [0.2, 0.25) is 0 Å². The molecule has 2 aromatic rings. The highest BCUT2D eigenvalue weighted by Crippen LogP contribution is 2.19. The van der Waals surface area contributed by atoms with Crippen molar-refractivity contribution in [3.63, 3.8) is 0 Å². The van der Waals surface area contributed by atoms with E-state index in [0.717, 1.165) is 5.75 Å². The molecule has 5 nitrogen and oxygen atoms in total. The Morgan fingerprint density at radius 1 is 1.30 bits per heavy atom. The van der Waals surface area contributed by atoms with Gasteiger partial charge in [0.2, 0.25) is 0 Å².